The van der Waals surface area contributed by atoms with Gasteiger partial charge in [0.15, 0.2) is 0 Å². The summed E-state index contributed by atoms with van der Waals surface area (Å²) in [4.78, 5) is 11.7. The lowest BCUT2D eigenvalue weighted by Gasteiger charge is -2.17. The summed E-state index contributed by atoms with van der Waals surface area (Å²) in [6.07, 6.45) is -0.469. The maximum atomic E-state index is 11.7. The smallest absolute Gasteiger partial charge is 0.253 e. The highest BCUT2D eigenvalue weighted by molar-refractivity contribution is 6.00. The Hall–Kier alpha value is -1.75. The fourth-order valence-electron chi connectivity index (χ4n) is 1.49. The van der Waals surface area contributed by atoms with Crippen molar-refractivity contribution in [2.24, 2.45) is 5.92 Å². The van der Waals surface area contributed by atoms with Crippen LogP contribution in [-0.4, -0.2) is 30.7 Å². The standard InChI is InChI=1S/C13H21N3O2/c1-8(2)12(17)7-16-11-6-9(14)4-5-10(11)13(18)15-3/h4-6,8,12,16-17H,7,14H2,1-3H3,(H,15,18). The van der Waals surface area contributed by atoms with Crippen LogP contribution >= 0.6 is 0 Å². The Labute approximate surface area is 107 Å². The molecule has 0 fully saturated rings. The van der Waals surface area contributed by atoms with Gasteiger partial charge in [0, 0.05) is 25.0 Å². The normalized spacial score (nSPS) is 12.3. The van der Waals surface area contributed by atoms with Crippen molar-refractivity contribution < 1.29 is 9.90 Å². The van der Waals surface area contributed by atoms with Gasteiger partial charge in [-0.3, -0.25) is 4.79 Å². The quantitative estimate of drug-likeness (QED) is 0.589. The summed E-state index contributed by atoms with van der Waals surface area (Å²) in [7, 11) is 1.57. The Morgan fingerprint density at radius 2 is 2.11 bits per heavy atom. The van der Waals surface area contributed by atoms with Crippen molar-refractivity contribution in [2.75, 3.05) is 24.6 Å². The van der Waals surface area contributed by atoms with Gasteiger partial charge < -0.3 is 21.5 Å². The van der Waals surface area contributed by atoms with Crippen LogP contribution in [0, 0.1) is 5.92 Å². The highest BCUT2D eigenvalue weighted by Gasteiger charge is 2.13. The molecule has 0 aliphatic heterocycles. The number of aliphatic hydroxyl groups is 1. The summed E-state index contributed by atoms with van der Waals surface area (Å²) < 4.78 is 0. The molecule has 0 saturated carbocycles. The summed E-state index contributed by atoms with van der Waals surface area (Å²) in [6, 6.07) is 5.03. The number of nitrogens with one attached hydrogen (secondary N) is 2. The fourth-order valence-corrected chi connectivity index (χ4v) is 1.49. The molecule has 0 heterocycles. The Balaban J connectivity index is 2.86. The van der Waals surface area contributed by atoms with E-state index in [0.717, 1.165) is 0 Å². The third kappa shape index (κ3) is 3.63. The lowest BCUT2D eigenvalue weighted by molar-refractivity contribution is 0.0963. The summed E-state index contributed by atoms with van der Waals surface area (Å²) in [6.45, 7) is 4.25. The maximum absolute atomic E-state index is 11.7. The third-order valence-corrected chi connectivity index (χ3v) is 2.79. The van der Waals surface area contributed by atoms with Gasteiger partial charge in [-0.1, -0.05) is 13.8 Å². The van der Waals surface area contributed by atoms with Crippen molar-refractivity contribution >= 4 is 17.3 Å². The van der Waals surface area contributed by atoms with Gasteiger partial charge in [-0.2, -0.15) is 0 Å². The molecule has 5 heteroatoms. The number of nitrogen functional groups attached to an aromatic ring is 1. The molecule has 1 aromatic rings. The van der Waals surface area contributed by atoms with Crippen molar-refractivity contribution in [1.29, 1.82) is 0 Å². The van der Waals surface area contributed by atoms with E-state index in [9.17, 15) is 9.90 Å². The molecular weight excluding hydrogens is 230 g/mol. The molecule has 0 aromatic heterocycles. The van der Waals surface area contributed by atoms with Gasteiger partial charge in [0.25, 0.3) is 5.91 Å². The van der Waals surface area contributed by atoms with E-state index in [1.807, 2.05) is 13.8 Å². The van der Waals surface area contributed by atoms with Gasteiger partial charge in [0.2, 0.25) is 0 Å². The van der Waals surface area contributed by atoms with Gasteiger partial charge in [-0.25, -0.2) is 0 Å². The average Bonchev–Trinajstić information content (AvgIpc) is 2.34. The van der Waals surface area contributed by atoms with Crippen LogP contribution < -0.4 is 16.4 Å². The first-order valence-electron chi connectivity index (χ1n) is 5.99. The lowest BCUT2D eigenvalue weighted by Crippen LogP contribution is -2.26. The molecule has 0 aliphatic carbocycles. The number of hydrogen-bond acceptors (Lipinski definition) is 4. The van der Waals surface area contributed by atoms with E-state index in [1.54, 1.807) is 25.2 Å². The molecule has 1 amide bonds. The zero-order valence-corrected chi connectivity index (χ0v) is 11.0. The largest absolute Gasteiger partial charge is 0.399 e. The molecule has 1 aromatic carbocycles. The van der Waals surface area contributed by atoms with Crippen molar-refractivity contribution in [3.8, 4) is 0 Å². The monoisotopic (exact) mass is 251 g/mol. The lowest BCUT2D eigenvalue weighted by atomic mass is 10.1. The zero-order valence-electron chi connectivity index (χ0n) is 11.0. The van der Waals surface area contributed by atoms with Crippen molar-refractivity contribution in [2.45, 2.75) is 20.0 Å². The molecule has 0 aliphatic rings. The number of carbonyl (C=O) groups excluding carboxylic acids is 1. The fraction of sp³-hybridized carbons (Fsp3) is 0.462. The van der Waals surface area contributed by atoms with E-state index in [1.165, 1.54) is 0 Å². The van der Waals surface area contributed by atoms with Crippen LogP contribution in [0.2, 0.25) is 0 Å². The molecule has 0 spiro atoms. The van der Waals surface area contributed by atoms with E-state index in [-0.39, 0.29) is 11.8 Å². The highest BCUT2D eigenvalue weighted by Crippen LogP contribution is 2.19. The summed E-state index contributed by atoms with van der Waals surface area (Å²) in [5.74, 6) is -0.0291. The van der Waals surface area contributed by atoms with E-state index in [2.05, 4.69) is 10.6 Å². The average molecular weight is 251 g/mol. The van der Waals surface area contributed by atoms with Crippen LogP contribution in [0.1, 0.15) is 24.2 Å². The zero-order chi connectivity index (χ0) is 13.7. The van der Waals surface area contributed by atoms with Crippen LogP contribution in [0.25, 0.3) is 0 Å². The Morgan fingerprint density at radius 1 is 1.44 bits per heavy atom. The first-order chi connectivity index (χ1) is 8.45. The Morgan fingerprint density at radius 3 is 2.67 bits per heavy atom. The van der Waals surface area contributed by atoms with Crippen molar-refractivity contribution in [3.63, 3.8) is 0 Å². The predicted molar refractivity (Wildman–Crippen MR) is 73.6 cm³/mol. The number of benzene rings is 1. The number of nitrogens with two attached hydrogens (primary N) is 1. The number of rotatable bonds is 5. The molecule has 1 rings (SSSR count). The molecular formula is C13H21N3O2. The number of amides is 1. The maximum Gasteiger partial charge on any atom is 0.253 e. The van der Waals surface area contributed by atoms with Crippen LogP contribution in [0.3, 0.4) is 0 Å². The third-order valence-electron chi connectivity index (χ3n) is 2.79. The van der Waals surface area contributed by atoms with Crippen LogP contribution in [0.4, 0.5) is 11.4 Å². The number of carbonyl (C=O) groups is 1. The molecule has 18 heavy (non-hydrogen) atoms. The van der Waals surface area contributed by atoms with E-state index >= 15 is 0 Å². The molecule has 1 atom stereocenters. The number of aliphatic hydroxyl groups excluding tert-OH is 1. The van der Waals surface area contributed by atoms with Gasteiger partial charge in [0.1, 0.15) is 0 Å². The minimum Gasteiger partial charge on any atom is -0.399 e. The molecule has 5 nitrogen and oxygen atoms in total. The van der Waals surface area contributed by atoms with E-state index in [0.29, 0.717) is 23.5 Å². The minimum absolute atomic E-state index is 0.155. The van der Waals surface area contributed by atoms with Crippen LogP contribution in [0.15, 0.2) is 18.2 Å². The minimum atomic E-state index is -0.469. The Bertz CT molecular complexity index is 419. The molecule has 0 bridgehead atoms. The summed E-state index contributed by atoms with van der Waals surface area (Å²) in [5, 5.41) is 15.4. The summed E-state index contributed by atoms with van der Waals surface area (Å²) in [5.41, 5.74) is 7.42. The van der Waals surface area contributed by atoms with Crippen molar-refractivity contribution in [1.82, 2.24) is 5.32 Å². The molecule has 0 saturated heterocycles. The molecule has 100 valence electrons. The second-order valence-electron chi connectivity index (χ2n) is 4.58. The van der Waals surface area contributed by atoms with E-state index < -0.39 is 6.10 Å². The SMILES string of the molecule is CNC(=O)c1ccc(N)cc1NCC(O)C(C)C. The molecule has 1 unspecified atom stereocenters. The molecule has 0 radical (unpaired) electrons. The van der Waals surface area contributed by atoms with Gasteiger partial charge in [-0.15, -0.1) is 0 Å². The van der Waals surface area contributed by atoms with Crippen LogP contribution in [-0.2, 0) is 0 Å². The number of hydrogen-bond donors (Lipinski definition) is 4. The van der Waals surface area contributed by atoms with Gasteiger partial charge >= 0.3 is 0 Å². The Kier molecular flexibility index (Phi) is 4.97. The second kappa shape index (κ2) is 6.26. The number of anilines is 2. The first-order valence-corrected chi connectivity index (χ1v) is 5.99. The summed E-state index contributed by atoms with van der Waals surface area (Å²) >= 11 is 0. The van der Waals surface area contributed by atoms with E-state index in [4.69, 9.17) is 5.73 Å². The van der Waals surface area contributed by atoms with Crippen molar-refractivity contribution in [3.05, 3.63) is 23.8 Å². The van der Waals surface area contributed by atoms with Gasteiger partial charge in [0.05, 0.1) is 11.7 Å². The topological polar surface area (TPSA) is 87.4 Å². The first kappa shape index (κ1) is 14.3. The van der Waals surface area contributed by atoms with Crippen LogP contribution in [0.5, 0.6) is 0 Å². The second-order valence-corrected chi connectivity index (χ2v) is 4.58. The highest BCUT2D eigenvalue weighted by atomic mass is 16.3. The van der Waals surface area contributed by atoms with Gasteiger partial charge in [-0.05, 0) is 24.1 Å². The molecule has 5 N–H and O–H groups in total. The predicted octanol–water partition coefficient (Wildman–Crippen LogP) is 1.06.